The summed E-state index contributed by atoms with van der Waals surface area (Å²) < 4.78 is 0. The quantitative estimate of drug-likeness (QED) is 0.144. The Morgan fingerprint density at radius 1 is 0.495 bits per heavy atom. The summed E-state index contributed by atoms with van der Waals surface area (Å²) in [7, 11) is 10.4. The predicted octanol–water partition coefficient (Wildman–Crippen LogP) is 6.69. The molecule has 0 radical (unpaired) electrons. The predicted molar refractivity (Wildman–Crippen MR) is 372 cm³/mol. The van der Waals surface area contributed by atoms with E-state index in [1.165, 1.54) is 83.9 Å². The maximum absolute atomic E-state index is 15.4. The number of aliphatic hydroxyl groups excluding tert-OH is 1. The number of nitrogens with one attached hydrogen (secondary N) is 1. The third-order valence-corrected chi connectivity index (χ3v) is 20.8. The number of nitrogens with zero attached hydrogens (tertiary/aromatic N) is 9. The van der Waals surface area contributed by atoms with Gasteiger partial charge in [-0.15, -0.1) is 0 Å². The van der Waals surface area contributed by atoms with Crippen molar-refractivity contribution in [1.29, 1.82) is 0 Å². The van der Waals surface area contributed by atoms with Crippen LogP contribution in [0.1, 0.15) is 188 Å². The van der Waals surface area contributed by atoms with Gasteiger partial charge in [0, 0.05) is 125 Å². The Balaban J connectivity index is 2.33. The molecular formula is C73H128N10O12. The van der Waals surface area contributed by atoms with Crippen LogP contribution in [0, 0.1) is 59.2 Å². The summed E-state index contributed by atoms with van der Waals surface area (Å²) in [5.41, 5.74) is 0. The molecule has 22 nitrogen and oxygen atoms in total. The van der Waals surface area contributed by atoms with Gasteiger partial charge in [0.1, 0.15) is 42.0 Å². The topological polar surface area (TPSA) is 249 Å². The van der Waals surface area contributed by atoms with Crippen LogP contribution in [0.2, 0.25) is 0 Å². The van der Waals surface area contributed by atoms with Crippen LogP contribution >= 0.6 is 0 Å². The van der Waals surface area contributed by atoms with Crippen LogP contribution in [-0.2, 0) is 52.7 Å². The minimum atomic E-state index is -1.61. The van der Waals surface area contributed by atoms with Crippen LogP contribution in [-0.4, -0.2) is 256 Å². The number of rotatable bonds is 17. The highest BCUT2D eigenvalue weighted by Gasteiger charge is 2.47. The molecule has 3 aliphatic rings. The zero-order valence-electron chi connectivity index (χ0n) is 63.0. The minimum Gasteiger partial charge on any atom is -0.390 e. The maximum Gasteiger partial charge on any atom is 0.246 e. The first kappa shape index (κ1) is 83.6. The van der Waals surface area contributed by atoms with Gasteiger partial charge in [0.05, 0.1) is 18.2 Å². The molecule has 2 heterocycles. The third kappa shape index (κ3) is 22.2. The van der Waals surface area contributed by atoms with E-state index < -0.39 is 143 Å². The number of likely N-dealkylation sites (N-methyl/N-ethyl adjacent to an activating group) is 7. The summed E-state index contributed by atoms with van der Waals surface area (Å²) in [6.45, 7) is 34.3. The Kier molecular flexibility index (Phi) is 33.4. The fourth-order valence-electron chi connectivity index (χ4n) is 14.2. The van der Waals surface area contributed by atoms with Crippen molar-refractivity contribution in [3.63, 3.8) is 0 Å². The number of amides is 8. The van der Waals surface area contributed by atoms with Crippen molar-refractivity contribution in [2.75, 3.05) is 82.1 Å². The van der Waals surface area contributed by atoms with E-state index in [-0.39, 0.29) is 80.0 Å². The van der Waals surface area contributed by atoms with Crippen molar-refractivity contribution in [3.8, 4) is 0 Å². The van der Waals surface area contributed by atoms with E-state index in [4.69, 9.17) is 0 Å². The molecule has 3 fully saturated rings. The smallest absolute Gasteiger partial charge is 0.246 e. The highest BCUT2D eigenvalue weighted by Crippen LogP contribution is 2.31. The molecular weight excluding hydrogens is 1210 g/mol. The molecule has 2 aliphatic heterocycles. The third-order valence-electron chi connectivity index (χ3n) is 20.8. The molecule has 0 unspecified atom stereocenters. The van der Waals surface area contributed by atoms with Crippen LogP contribution in [0.5, 0.6) is 0 Å². The normalized spacial score (nSPS) is 29.0. The first-order valence-corrected chi connectivity index (χ1v) is 35.7. The van der Waals surface area contributed by atoms with Crippen LogP contribution < -0.4 is 5.32 Å². The van der Waals surface area contributed by atoms with Gasteiger partial charge >= 0.3 is 0 Å². The van der Waals surface area contributed by atoms with Gasteiger partial charge in [0.25, 0.3) is 0 Å². The Hall–Kier alpha value is -5.61. The molecule has 95 heavy (non-hydrogen) atoms. The van der Waals surface area contributed by atoms with E-state index >= 15 is 33.6 Å². The zero-order valence-corrected chi connectivity index (χ0v) is 63.0. The van der Waals surface area contributed by atoms with E-state index in [1.54, 1.807) is 68.6 Å². The van der Waals surface area contributed by atoms with Gasteiger partial charge in [-0.25, -0.2) is 0 Å². The second kappa shape index (κ2) is 37.9. The van der Waals surface area contributed by atoms with Crippen LogP contribution in [0.25, 0.3) is 0 Å². The second-order valence-electron chi connectivity index (χ2n) is 30.6. The number of carbonyl (C=O) groups excluding carboxylic acids is 11. The Bertz CT molecular complexity index is 2630. The van der Waals surface area contributed by atoms with Crippen LogP contribution in [0.4, 0.5) is 0 Å². The molecule has 542 valence electrons. The van der Waals surface area contributed by atoms with Gasteiger partial charge in [-0.05, 0) is 100 Å². The standard InChI is InChI=1S/C73H128N10O12/c1-25-27-29-48(13)65(87)64-66(88)74-55(26-2)70(92)75(18)52(17)68(90)80(23)63(51(16)42-82-32-34-83(35-33-82)53-30-28-31-53)61(86)41-54(46(9)10)69(91)76(19)56(36-43(3)4)60(85)39-49(14)59(84)40-50(15)67(89)77(20)57(37-44(5)6)71(93)78(21)58(38-45(7)8)72(94)79(22)62(47(11)12)73(95)81(64)24/h25,27,43-58,62-65,87H,26,28-42H2,1-24H3,(H,74,88)/b27-25+/t48-,49-,50+,51+,52-,54+,55+,56+,57+,58+,62+,63+,64+,65-/m1/s1. The number of Topliss-reactive ketones (excluding diaryl/α,β-unsaturated/α-hetero) is 3. The van der Waals surface area contributed by atoms with E-state index in [0.717, 1.165) is 31.1 Å². The molecule has 0 aromatic carbocycles. The lowest BCUT2D eigenvalue weighted by molar-refractivity contribution is -0.157. The molecule has 0 aromatic rings. The van der Waals surface area contributed by atoms with E-state index in [1.807, 2.05) is 75.3 Å². The average Bonchev–Trinajstić information content (AvgIpc) is 0.811. The molecule has 0 aromatic heterocycles. The number of ketones is 3. The first-order valence-electron chi connectivity index (χ1n) is 35.7. The van der Waals surface area contributed by atoms with Crippen molar-refractivity contribution in [2.45, 2.75) is 249 Å². The molecule has 1 saturated carbocycles. The van der Waals surface area contributed by atoms with E-state index in [2.05, 4.69) is 15.1 Å². The molecule has 2 saturated heterocycles. The second-order valence-corrected chi connectivity index (χ2v) is 30.6. The number of hydrogen-bond acceptors (Lipinski definition) is 14. The lowest BCUT2D eigenvalue weighted by atomic mass is 9.83. The summed E-state index contributed by atoms with van der Waals surface area (Å²) in [5.74, 6) is -11.0. The van der Waals surface area contributed by atoms with E-state index in [0.29, 0.717) is 19.0 Å². The molecule has 3 rings (SSSR count). The maximum atomic E-state index is 15.4. The summed E-state index contributed by atoms with van der Waals surface area (Å²) >= 11 is 0. The SMILES string of the molecule is C/C=C/C[C@@H](C)[C@@H](O)[C@H]1C(=O)N[C@@H](CC)C(=O)N(C)[C@H](C)C(=O)N(C)[C@@H]([C@@H](C)CN2CCN(C3CCC3)CC2)C(=O)C[C@@H](C(C)C)C(=O)N(C)[C@@H](CC(C)C)C(=O)C[C@@H](C)C(=O)C[C@H](C)C(=O)N(C)[C@@H](CC(C)C)C(=O)N(C)[C@@H](CC(C)C)C(=O)N(C)[C@@H](C(C)C)C(=O)N1C. The van der Waals surface area contributed by atoms with Crippen LogP contribution in [0.15, 0.2) is 12.2 Å². The number of carbonyl (C=O) groups is 11. The van der Waals surface area contributed by atoms with Gasteiger partial charge in [-0.2, -0.15) is 0 Å². The van der Waals surface area contributed by atoms with Gasteiger partial charge in [-0.3, -0.25) is 57.6 Å². The van der Waals surface area contributed by atoms with Crippen molar-refractivity contribution in [3.05, 3.63) is 12.2 Å². The lowest BCUT2D eigenvalue weighted by Gasteiger charge is -2.44. The number of hydrogen-bond donors (Lipinski definition) is 2. The lowest BCUT2D eigenvalue weighted by Crippen LogP contribution is -2.63. The van der Waals surface area contributed by atoms with E-state index in [9.17, 15) is 24.3 Å². The average molecular weight is 1340 g/mol. The molecule has 22 heteroatoms. The summed E-state index contributed by atoms with van der Waals surface area (Å²) in [6.07, 6.45) is 5.94. The molecule has 1 aliphatic carbocycles. The van der Waals surface area contributed by atoms with Gasteiger partial charge in [-0.1, -0.05) is 122 Å². The number of allylic oxidation sites excluding steroid dienone is 2. The van der Waals surface area contributed by atoms with Gasteiger partial charge in [0.15, 0.2) is 11.6 Å². The van der Waals surface area contributed by atoms with Crippen LogP contribution in [0.3, 0.4) is 0 Å². The molecule has 0 spiro atoms. The Labute approximate surface area is 571 Å². The molecule has 14 atom stereocenters. The number of aliphatic hydroxyl groups is 1. The summed E-state index contributed by atoms with van der Waals surface area (Å²) in [6, 6.07) is -9.01. The Morgan fingerprint density at radius 3 is 1.44 bits per heavy atom. The fourth-order valence-corrected chi connectivity index (χ4v) is 14.2. The zero-order chi connectivity index (χ0) is 72.5. The molecule has 8 amide bonds. The monoisotopic (exact) mass is 1340 g/mol. The summed E-state index contributed by atoms with van der Waals surface area (Å²) in [5, 5.41) is 15.1. The largest absolute Gasteiger partial charge is 0.390 e. The van der Waals surface area contributed by atoms with Crippen molar-refractivity contribution in [2.24, 2.45) is 59.2 Å². The highest BCUT2D eigenvalue weighted by atomic mass is 16.3. The van der Waals surface area contributed by atoms with Crippen molar-refractivity contribution in [1.82, 2.24) is 49.4 Å². The molecule has 2 N–H and O–H groups in total. The van der Waals surface area contributed by atoms with Gasteiger partial charge < -0.3 is 49.6 Å². The molecule has 0 bridgehead atoms. The Morgan fingerprint density at radius 2 is 0.968 bits per heavy atom. The summed E-state index contributed by atoms with van der Waals surface area (Å²) in [4.78, 5) is 179. The first-order chi connectivity index (χ1) is 44.2. The highest BCUT2D eigenvalue weighted by molar-refractivity contribution is 6.00. The van der Waals surface area contributed by atoms with Crippen molar-refractivity contribution < 1.29 is 57.8 Å². The minimum absolute atomic E-state index is 0.0304. The number of piperazine rings is 1. The van der Waals surface area contributed by atoms with Crippen molar-refractivity contribution >= 4 is 64.6 Å². The fraction of sp³-hybridized carbons (Fsp3) is 0.822. The van der Waals surface area contributed by atoms with Gasteiger partial charge in [0.2, 0.25) is 47.3 Å².